The van der Waals surface area contributed by atoms with Crippen molar-refractivity contribution in [2.45, 2.75) is 13.1 Å². The van der Waals surface area contributed by atoms with Gasteiger partial charge in [0.1, 0.15) is 12.4 Å². The summed E-state index contributed by atoms with van der Waals surface area (Å²) in [7, 11) is -3.59. The van der Waals surface area contributed by atoms with Crippen molar-refractivity contribution in [1.82, 2.24) is 18.8 Å². The summed E-state index contributed by atoms with van der Waals surface area (Å²) >= 11 is 0. The van der Waals surface area contributed by atoms with Gasteiger partial charge >= 0.3 is 0 Å². The lowest BCUT2D eigenvalue weighted by Crippen LogP contribution is -2.50. The number of rotatable bonds is 7. The second-order valence-corrected chi connectivity index (χ2v) is 7.52. The number of benzene rings is 1. The molecule has 3 rings (SSSR count). The molecule has 0 saturated carbocycles. The average Bonchev–Trinajstić information content (AvgIpc) is 3.09. The second kappa shape index (κ2) is 7.96. The number of para-hydroxylation sites is 1. The van der Waals surface area contributed by atoms with Gasteiger partial charge in [-0.05, 0) is 6.07 Å². The maximum Gasteiger partial charge on any atom is 0.276 e. The minimum Gasteiger partial charge on any atom is -0.491 e. The first-order valence-electron chi connectivity index (χ1n) is 8.19. The topological polar surface area (TPSA) is 93.7 Å². The molecule has 1 aliphatic heterocycles. The van der Waals surface area contributed by atoms with Gasteiger partial charge in [-0.3, -0.25) is 4.90 Å². The van der Waals surface area contributed by atoms with E-state index in [2.05, 4.69) is 9.88 Å². The molecule has 0 atom stereocenters. The van der Waals surface area contributed by atoms with Crippen LogP contribution in [0.5, 0.6) is 5.75 Å². The van der Waals surface area contributed by atoms with Crippen molar-refractivity contribution >= 4 is 10.2 Å². The van der Waals surface area contributed by atoms with Crippen LogP contribution < -0.4 is 9.88 Å². The van der Waals surface area contributed by atoms with Crippen LogP contribution in [-0.2, 0) is 23.3 Å². The number of nitrogens with two attached hydrogens (primary N) is 1. The number of hydrogen-bond acceptors (Lipinski definition) is 5. The van der Waals surface area contributed by atoms with Gasteiger partial charge in [-0.25, -0.2) is 10.1 Å². The number of ether oxygens (including phenoxy) is 1. The van der Waals surface area contributed by atoms with E-state index in [1.807, 2.05) is 35.0 Å². The van der Waals surface area contributed by atoms with Crippen molar-refractivity contribution in [2.24, 2.45) is 5.14 Å². The molecule has 1 saturated heterocycles. The molecule has 136 valence electrons. The lowest BCUT2D eigenvalue weighted by molar-refractivity contribution is 0.179. The van der Waals surface area contributed by atoms with E-state index in [1.165, 1.54) is 4.31 Å². The van der Waals surface area contributed by atoms with Crippen LogP contribution >= 0.6 is 0 Å². The molecule has 2 heterocycles. The van der Waals surface area contributed by atoms with Gasteiger partial charge in [0.05, 0.1) is 12.9 Å². The Morgan fingerprint density at radius 2 is 1.92 bits per heavy atom. The molecule has 0 amide bonds. The van der Waals surface area contributed by atoms with Crippen LogP contribution in [0, 0.1) is 0 Å². The Kier molecular flexibility index (Phi) is 5.69. The second-order valence-electron chi connectivity index (χ2n) is 5.98. The minimum atomic E-state index is -3.59. The summed E-state index contributed by atoms with van der Waals surface area (Å²) in [6.45, 7) is 4.16. The van der Waals surface area contributed by atoms with Crippen LogP contribution in [0.2, 0.25) is 0 Å². The van der Waals surface area contributed by atoms with Crippen molar-refractivity contribution < 1.29 is 13.2 Å². The third kappa shape index (κ3) is 5.02. The third-order valence-corrected chi connectivity index (χ3v) is 5.31. The molecular weight excluding hydrogens is 342 g/mol. The van der Waals surface area contributed by atoms with E-state index in [0.717, 1.165) is 24.4 Å². The maximum absolute atomic E-state index is 11.4. The smallest absolute Gasteiger partial charge is 0.276 e. The van der Waals surface area contributed by atoms with Crippen molar-refractivity contribution in [3.63, 3.8) is 0 Å². The van der Waals surface area contributed by atoms with Crippen molar-refractivity contribution in [1.29, 1.82) is 0 Å². The summed E-state index contributed by atoms with van der Waals surface area (Å²) in [5, 5.41) is 5.18. The Balaban J connectivity index is 1.54. The highest BCUT2D eigenvalue weighted by atomic mass is 32.2. The van der Waals surface area contributed by atoms with E-state index in [-0.39, 0.29) is 0 Å². The molecule has 0 radical (unpaired) electrons. The molecule has 1 aromatic carbocycles. The number of aromatic nitrogens is 2. The highest BCUT2D eigenvalue weighted by Crippen LogP contribution is 2.21. The zero-order valence-electron chi connectivity index (χ0n) is 14.0. The van der Waals surface area contributed by atoms with Gasteiger partial charge in [0.15, 0.2) is 0 Å². The van der Waals surface area contributed by atoms with Crippen LogP contribution in [0.15, 0.2) is 43.0 Å². The predicted molar refractivity (Wildman–Crippen MR) is 94.1 cm³/mol. The minimum absolute atomic E-state index is 0.419. The van der Waals surface area contributed by atoms with Crippen LogP contribution in [0.3, 0.4) is 0 Å². The van der Waals surface area contributed by atoms with Crippen LogP contribution in [0.25, 0.3) is 0 Å². The Morgan fingerprint density at radius 1 is 1.16 bits per heavy atom. The summed E-state index contributed by atoms with van der Waals surface area (Å²) in [5.41, 5.74) is 1.09. The Labute approximate surface area is 148 Å². The molecule has 2 N–H and O–H groups in total. The SMILES string of the molecule is NS(=O)(=O)N1CCN(Cc2ccccc2OCCn2ccnc2)CC1. The molecule has 1 aromatic heterocycles. The molecule has 25 heavy (non-hydrogen) atoms. The Morgan fingerprint density at radius 3 is 2.60 bits per heavy atom. The molecule has 0 bridgehead atoms. The normalized spacial score (nSPS) is 16.8. The first-order valence-corrected chi connectivity index (χ1v) is 9.69. The number of imidazole rings is 1. The molecule has 0 aliphatic carbocycles. The quantitative estimate of drug-likeness (QED) is 0.761. The van der Waals surface area contributed by atoms with E-state index < -0.39 is 10.2 Å². The van der Waals surface area contributed by atoms with Crippen molar-refractivity contribution in [3.8, 4) is 5.75 Å². The third-order valence-electron chi connectivity index (χ3n) is 4.22. The molecule has 1 aliphatic rings. The predicted octanol–water partition coefficient (Wildman–Crippen LogP) is 0.283. The highest BCUT2D eigenvalue weighted by molar-refractivity contribution is 7.86. The zero-order chi connectivity index (χ0) is 17.7. The number of hydrogen-bond donors (Lipinski definition) is 1. The van der Waals surface area contributed by atoms with E-state index in [0.29, 0.717) is 32.8 Å². The van der Waals surface area contributed by atoms with Gasteiger partial charge in [-0.1, -0.05) is 18.2 Å². The van der Waals surface area contributed by atoms with E-state index in [4.69, 9.17) is 9.88 Å². The van der Waals surface area contributed by atoms with E-state index in [9.17, 15) is 8.42 Å². The first kappa shape index (κ1) is 17.9. The summed E-state index contributed by atoms with van der Waals surface area (Å²) in [6, 6.07) is 7.94. The highest BCUT2D eigenvalue weighted by Gasteiger charge is 2.24. The molecule has 0 spiro atoms. The lowest BCUT2D eigenvalue weighted by Gasteiger charge is -2.33. The van der Waals surface area contributed by atoms with Crippen molar-refractivity contribution in [3.05, 3.63) is 48.5 Å². The summed E-state index contributed by atoms with van der Waals surface area (Å²) < 4.78 is 32.0. The van der Waals surface area contributed by atoms with Crippen LogP contribution in [0.4, 0.5) is 0 Å². The Bertz CT molecular complexity index is 771. The summed E-state index contributed by atoms with van der Waals surface area (Å²) in [6.07, 6.45) is 5.41. The van der Waals surface area contributed by atoms with Gasteiger partial charge in [0.2, 0.25) is 0 Å². The van der Waals surface area contributed by atoms with Crippen molar-refractivity contribution in [2.75, 3.05) is 32.8 Å². The standard InChI is InChI=1S/C16H23N5O3S/c17-25(22,23)21-9-7-19(8-10-21)13-15-3-1-2-4-16(15)24-12-11-20-6-5-18-14-20/h1-6,14H,7-13H2,(H2,17,22,23). The fourth-order valence-corrected chi connectivity index (χ4v) is 3.51. The van der Waals surface area contributed by atoms with Crippen LogP contribution in [0.1, 0.15) is 5.56 Å². The fourth-order valence-electron chi connectivity index (χ4n) is 2.84. The molecule has 9 heteroatoms. The van der Waals surface area contributed by atoms with Gasteiger partial charge < -0.3 is 9.30 Å². The van der Waals surface area contributed by atoms with Gasteiger partial charge in [-0.2, -0.15) is 12.7 Å². The van der Waals surface area contributed by atoms with E-state index >= 15 is 0 Å². The number of nitrogens with zero attached hydrogens (tertiary/aromatic N) is 4. The average molecular weight is 365 g/mol. The van der Waals surface area contributed by atoms with Gasteiger partial charge in [0, 0.05) is 50.7 Å². The fraction of sp³-hybridized carbons (Fsp3) is 0.438. The molecular formula is C16H23N5O3S. The maximum atomic E-state index is 11.4. The van der Waals surface area contributed by atoms with Gasteiger partial charge in [0.25, 0.3) is 10.2 Å². The lowest BCUT2D eigenvalue weighted by atomic mass is 10.2. The monoisotopic (exact) mass is 365 g/mol. The molecule has 0 unspecified atom stereocenters. The largest absolute Gasteiger partial charge is 0.491 e. The summed E-state index contributed by atoms with van der Waals surface area (Å²) in [4.78, 5) is 6.22. The number of piperazine rings is 1. The molecule has 2 aromatic rings. The zero-order valence-corrected chi connectivity index (χ0v) is 14.8. The molecule has 1 fully saturated rings. The van der Waals surface area contributed by atoms with Crippen LogP contribution in [-0.4, -0.2) is 60.0 Å². The summed E-state index contributed by atoms with van der Waals surface area (Å²) in [5.74, 6) is 0.858. The molecule has 8 nitrogen and oxygen atoms in total. The van der Waals surface area contributed by atoms with Gasteiger partial charge in [-0.15, -0.1) is 0 Å². The Hall–Kier alpha value is -1.94. The van der Waals surface area contributed by atoms with E-state index in [1.54, 1.807) is 12.5 Å². The first-order chi connectivity index (χ1) is 12.0.